The smallest absolute Gasteiger partial charge is 0.335 e. The standard InChI is InChI=1S/C14H11NO4S/c1-2-7-15-12(16)11(20-14(15)19)8-9-3-5-10(6-4-9)13(17)18/h2-6,8H,1,7H2,(H,17,18)/b11-8-. The molecule has 1 heterocycles. The van der Waals surface area contributed by atoms with Gasteiger partial charge in [-0.3, -0.25) is 14.5 Å². The molecular weight excluding hydrogens is 278 g/mol. The molecule has 1 fully saturated rings. The van der Waals surface area contributed by atoms with Gasteiger partial charge in [0.2, 0.25) is 0 Å². The van der Waals surface area contributed by atoms with Crippen molar-refractivity contribution in [2.45, 2.75) is 0 Å². The summed E-state index contributed by atoms with van der Waals surface area (Å²) in [5, 5.41) is 8.47. The largest absolute Gasteiger partial charge is 0.478 e. The van der Waals surface area contributed by atoms with Crippen molar-refractivity contribution in [3.05, 3.63) is 53.0 Å². The highest BCUT2D eigenvalue weighted by atomic mass is 32.2. The third-order valence-electron chi connectivity index (χ3n) is 2.64. The number of carbonyl (C=O) groups is 3. The van der Waals surface area contributed by atoms with Crippen molar-refractivity contribution in [1.82, 2.24) is 4.90 Å². The van der Waals surface area contributed by atoms with E-state index in [0.717, 1.165) is 16.7 Å². The van der Waals surface area contributed by atoms with E-state index < -0.39 is 5.97 Å². The lowest BCUT2D eigenvalue weighted by Crippen LogP contribution is -2.27. The Morgan fingerprint density at radius 3 is 2.50 bits per heavy atom. The summed E-state index contributed by atoms with van der Waals surface area (Å²) >= 11 is 0.862. The predicted octanol–water partition coefficient (Wildman–Crippen LogP) is 2.61. The van der Waals surface area contributed by atoms with Crippen molar-refractivity contribution in [1.29, 1.82) is 0 Å². The van der Waals surface area contributed by atoms with E-state index in [-0.39, 0.29) is 23.3 Å². The molecule has 6 heteroatoms. The van der Waals surface area contributed by atoms with Crippen LogP contribution >= 0.6 is 11.8 Å². The Morgan fingerprint density at radius 1 is 1.30 bits per heavy atom. The van der Waals surface area contributed by atoms with Gasteiger partial charge in [0.25, 0.3) is 11.1 Å². The molecule has 0 aliphatic carbocycles. The van der Waals surface area contributed by atoms with Crippen LogP contribution < -0.4 is 0 Å². The molecule has 0 spiro atoms. The molecule has 102 valence electrons. The molecule has 0 atom stereocenters. The second-order valence-electron chi connectivity index (χ2n) is 4.01. The molecule has 0 saturated carbocycles. The first-order valence-electron chi connectivity index (χ1n) is 5.72. The van der Waals surface area contributed by atoms with Gasteiger partial charge in [0.05, 0.1) is 10.5 Å². The van der Waals surface area contributed by atoms with E-state index >= 15 is 0 Å². The van der Waals surface area contributed by atoms with Crippen molar-refractivity contribution >= 4 is 35.0 Å². The van der Waals surface area contributed by atoms with Crippen LogP contribution in [0, 0.1) is 0 Å². The van der Waals surface area contributed by atoms with Gasteiger partial charge < -0.3 is 5.11 Å². The third kappa shape index (κ3) is 2.80. The number of imide groups is 1. The fraction of sp³-hybridized carbons (Fsp3) is 0.0714. The van der Waals surface area contributed by atoms with Crippen LogP contribution in [0.4, 0.5) is 4.79 Å². The van der Waals surface area contributed by atoms with E-state index in [1.807, 2.05) is 0 Å². The highest BCUT2D eigenvalue weighted by Crippen LogP contribution is 2.31. The molecule has 2 amide bonds. The number of carboxylic acids is 1. The zero-order chi connectivity index (χ0) is 14.7. The second-order valence-corrected chi connectivity index (χ2v) is 5.00. The van der Waals surface area contributed by atoms with Gasteiger partial charge in [0.15, 0.2) is 0 Å². The lowest BCUT2D eigenvalue weighted by Gasteiger charge is -2.07. The first kappa shape index (κ1) is 14.1. The van der Waals surface area contributed by atoms with Crippen LogP contribution in [-0.2, 0) is 4.79 Å². The first-order valence-corrected chi connectivity index (χ1v) is 6.54. The van der Waals surface area contributed by atoms with Crippen molar-refractivity contribution in [2.75, 3.05) is 6.54 Å². The minimum absolute atomic E-state index is 0.168. The number of thioether (sulfide) groups is 1. The SMILES string of the molecule is C=CCN1C(=O)S/C(=C\c2ccc(C(=O)O)cc2)C1=O. The summed E-state index contributed by atoms with van der Waals surface area (Å²) in [7, 11) is 0. The summed E-state index contributed by atoms with van der Waals surface area (Å²) in [6, 6.07) is 6.07. The van der Waals surface area contributed by atoms with Crippen molar-refractivity contribution in [3.63, 3.8) is 0 Å². The molecule has 1 aliphatic heterocycles. The number of carboxylic acid groups (broad SMARTS) is 1. The lowest BCUT2D eigenvalue weighted by atomic mass is 10.1. The Hall–Kier alpha value is -2.34. The van der Waals surface area contributed by atoms with Gasteiger partial charge in [0, 0.05) is 6.54 Å². The molecule has 1 aliphatic rings. The van der Waals surface area contributed by atoms with Crippen LogP contribution in [0.3, 0.4) is 0 Å². The maximum absolute atomic E-state index is 12.0. The molecule has 1 N–H and O–H groups in total. The van der Waals surface area contributed by atoms with Gasteiger partial charge in [-0.05, 0) is 35.5 Å². The quantitative estimate of drug-likeness (QED) is 0.681. The summed E-state index contributed by atoms with van der Waals surface area (Å²) in [5.41, 5.74) is 0.834. The van der Waals surface area contributed by atoms with Crippen LogP contribution in [0.15, 0.2) is 41.8 Å². The number of carbonyl (C=O) groups excluding carboxylic acids is 2. The Kier molecular flexibility index (Phi) is 4.05. The molecule has 1 saturated heterocycles. The molecule has 0 unspecified atom stereocenters. The molecule has 1 aromatic rings. The Balaban J connectivity index is 2.23. The predicted molar refractivity (Wildman–Crippen MR) is 76.3 cm³/mol. The van der Waals surface area contributed by atoms with Gasteiger partial charge in [-0.1, -0.05) is 18.2 Å². The summed E-state index contributed by atoms with van der Waals surface area (Å²) < 4.78 is 0. The molecule has 0 radical (unpaired) electrons. The van der Waals surface area contributed by atoms with Gasteiger partial charge in [-0.15, -0.1) is 6.58 Å². The number of hydrogen-bond donors (Lipinski definition) is 1. The lowest BCUT2D eigenvalue weighted by molar-refractivity contribution is -0.122. The van der Waals surface area contributed by atoms with Crippen LogP contribution in [0.1, 0.15) is 15.9 Å². The van der Waals surface area contributed by atoms with E-state index in [0.29, 0.717) is 10.5 Å². The minimum Gasteiger partial charge on any atom is -0.478 e. The maximum Gasteiger partial charge on any atom is 0.335 e. The highest BCUT2D eigenvalue weighted by Gasteiger charge is 2.33. The Morgan fingerprint density at radius 2 is 1.95 bits per heavy atom. The Bertz CT molecular complexity index is 619. The number of rotatable bonds is 4. The molecular formula is C14H11NO4S. The number of nitrogens with zero attached hydrogens (tertiary/aromatic N) is 1. The molecule has 0 aromatic heterocycles. The topological polar surface area (TPSA) is 74.7 Å². The van der Waals surface area contributed by atoms with E-state index in [2.05, 4.69) is 6.58 Å². The number of hydrogen-bond acceptors (Lipinski definition) is 4. The van der Waals surface area contributed by atoms with Crippen LogP contribution in [0.5, 0.6) is 0 Å². The number of amides is 2. The van der Waals surface area contributed by atoms with Crippen LogP contribution in [0.2, 0.25) is 0 Å². The van der Waals surface area contributed by atoms with Gasteiger partial charge in [-0.2, -0.15) is 0 Å². The van der Waals surface area contributed by atoms with Gasteiger partial charge in [0.1, 0.15) is 0 Å². The van der Waals surface area contributed by atoms with Crippen LogP contribution in [-0.4, -0.2) is 33.7 Å². The van der Waals surface area contributed by atoms with Crippen molar-refractivity contribution < 1.29 is 19.5 Å². The summed E-state index contributed by atoms with van der Waals surface area (Å²) in [4.78, 5) is 35.7. The average molecular weight is 289 g/mol. The van der Waals surface area contributed by atoms with Gasteiger partial charge >= 0.3 is 5.97 Å². The molecule has 1 aromatic carbocycles. The maximum atomic E-state index is 12.0. The monoisotopic (exact) mass is 289 g/mol. The van der Waals surface area contributed by atoms with Crippen molar-refractivity contribution in [3.8, 4) is 0 Å². The minimum atomic E-state index is -1.01. The first-order chi connectivity index (χ1) is 9.52. The molecule has 0 bridgehead atoms. The average Bonchev–Trinajstić information content (AvgIpc) is 2.67. The Labute approximate surface area is 119 Å². The molecule has 20 heavy (non-hydrogen) atoms. The van der Waals surface area contributed by atoms with E-state index in [1.165, 1.54) is 18.2 Å². The van der Waals surface area contributed by atoms with E-state index in [1.54, 1.807) is 18.2 Å². The normalized spacial score (nSPS) is 16.8. The van der Waals surface area contributed by atoms with Gasteiger partial charge in [-0.25, -0.2) is 4.79 Å². The summed E-state index contributed by atoms with van der Waals surface area (Å²) in [5.74, 6) is -1.37. The van der Waals surface area contributed by atoms with E-state index in [4.69, 9.17) is 5.11 Å². The molecule has 5 nitrogen and oxygen atoms in total. The van der Waals surface area contributed by atoms with Crippen LogP contribution in [0.25, 0.3) is 6.08 Å². The number of aromatic carboxylic acids is 1. The second kappa shape index (κ2) is 5.75. The molecule has 2 rings (SSSR count). The highest BCUT2D eigenvalue weighted by molar-refractivity contribution is 8.18. The number of benzene rings is 1. The summed E-state index contributed by atoms with van der Waals surface area (Å²) in [6.07, 6.45) is 3.06. The fourth-order valence-electron chi connectivity index (χ4n) is 1.66. The zero-order valence-corrected chi connectivity index (χ0v) is 11.2. The van der Waals surface area contributed by atoms with E-state index in [9.17, 15) is 14.4 Å². The third-order valence-corrected chi connectivity index (χ3v) is 3.55. The zero-order valence-electron chi connectivity index (χ0n) is 10.4. The van der Waals surface area contributed by atoms with Crippen molar-refractivity contribution in [2.24, 2.45) is 0 Å². The fourth-order valence-corrected chi connectivity index (χ4v) is 2.51. The summed E-state index contributed by atoms with van der Waals surface area (Å²) in [6.45, 7) is 3.68.